The van der Waals surface area contributed by atoms with Gasteiger partial charge in [-0.3, -0.25) is 0 Å². The number of hydrogen-bond acceptors (Lipinski definition) is 5. The quantitative estimate of drug-likeness (QED) is 0.798. The van der Waals surface area contributed by atoms with Crippen LogP contribution in [0.2, 0.25) is 0 Å². The molecule has 2 aromatic heterocycles. The summed E-state index contributed by atoms with van der Waals surface area (Å²) in [6, 6.07) is 11.8. The number of aromatic nitrogens is 2. The second-order valence-electron chi connectivity index (χ2n) is 4.64. The van der Waals surface area contributed by atoms with Crippen LogP contribution in [-0.4, -0.2) is 9.97 Å². The Morgan fingerprint density at radius 2 is 2.00 bits per heavy atom. The number of rotatable bonds is 4. The van der Waals surface area contributed by atoms with E-state index in [-0.39, 0.29) is 0 Å². The molecule has 0 spiro atoms. The molecule has 3 aromatic rings. The molecule has 106 valence electrons. The Kier molecular flexibility index (Phi) is 3.83. The van der Waals surface area contributed by atoms with Gasteiger partial charge >= 0.3 is 0 Å². The molecule has 0 aliphatic heterocycles. The predicted octanol–water partition coefficient (Wildman–Crippen LogP) is 3.67. The third-order valence-electron chi connectivity index (χ3n) is 3.01. The zero-order valence-corrected chi connectivity index (χ0v) is 12.4. The molecule has 0 radical (unpaired) electrons. The van der Waals surface area contributed by atoms with Crippen molar-refractivity contribution in [2.75, 3.05) is 5.73 Å². The van der Waals surface area contributed by atoms with Crippen molar-refractivity contribution in [3.05, 3.63) is 59.2 Å². The molecule has 0 aliphatic carbocycles. The lowest BCUT2D eigenvalue weighted by atomic mass is 10.2. The van der Waals surface area contributed by atoms with Crippen molar-refractivity contribution in [1.29, 1.82) is 0 Å². The lowest BCUT2D eigenvalue weighted by Crippen LogP contribution is -2.00. The van der Waals surface area contributed by atoms with Crippen molar-refractivity contribution in [1.82, 2.24) is 9.97 Å². The van der Waals surface area contributed by atoms with Gasteiger partial charge in [0.25, 0.3) is 0 Å². The second kappa shape index (κ2) is 5.93. The highest BCUT2D eigenvalue weighted by Crippen LogP contribution is 2.36. The topological polar surface area (TPSA) is 61.0 Å². The normalized spacial score (nSPS) is 10.5. The summed E-state index contributed by atoms with van der Waals surface area (Å²) in [6.45, 7) is 2.44. The average molecular weight is 297 g/mol. The van der Waals surface area contributed by atoms with E-state index in [4.69, 9.17) is 10.5 Å². The Morgan fingerprint density at radius 1 is 1.19 bits per heavy atom. The molecule has 2 heterocycles. The first-order chi connectivity index (χ1) is 10.2. The lowest BCUT2D eigenvalue weighted by molar-refractivity contribution is 0.307. The Labute approximate surface area is 127 Å². The zero-order chi connectivity index (χ0) is 14.7. The monoisotopic (exact) mass is 297 g/mol. The largest absolute Gasteiger partial charge is 0.488 e. The van der Waals surface area contributed by atoms with Crippen LogP contribution < -0.4 is 10.5 Å². The fourth-order valence-electron chi connectivity index (χ4n) is 2.00. The number of nitrogen functional groups attached to an aromatic ring is 1. The van der Waals surface area contributed by atoms with E-state index in [1.54, 1.807) is 17.5 Å². The first-order valence-electron chi connectivity index (χ1n) is 6.58. The van der Waals surface area contributed by atoms with Crippen LogP contribution in [0.3, 0.4) is 0 Å². The van der Waals surface area contributed by atoms with Gasteiger partial charge in [-0.2, -0.15) is 0 Å². The fraction of sp³-hybridized carbons (Fsp3) is 0.125. The SMILES string of the molecule is Cc1csc(-c2c(OCc3ccccc3)ccnc2N)n1. The summed E-state index contributed by atoms with van der Waals surface area (Å²) >= 11 is 1.54. The van der Waals surface area contributed by atoms with E-state index in [2.05, 4.69) is 9.97 Å². The number of hydrogen-bond donors (Lipinski definition) is 1. The van der Waals surface area contributed by atoms with Crippen LogP contribution in [0.15, 0.2) is 48.0 Å². The minimum absolute atomic E-state index is 0.440. The average Bonchev–Trinajstić information content (AvgIpc) is 2.92. The third-order valence-corrected chi connectivity index (χ3v) is 3.99. The van der Waals surface area contributed by atoms with Crippen molar-refractivity contribution in [3.63, 3.8) is 0 Å². The number of nitrogens with zero attached hydrogens (tertiary/aromatic N) is 2. The highest BCUT2D eigenvalue weighted by Gasteiger charge is 2.14. The van der Waals surface area contributed by atoms with E-state index in [1.807, 2.05) is 48.7 Å². The first kappa shape index (κ1) is 13.6. The maximum absolute atomic E-state index is 6.01. The van der Waals surface area contributed by atoms with Crippen LogP contribution in [0.5, 0.6) is 5.75 Å². The van der Waals surface area contributed by atoms with Gasteiger partial charge in [0.1, 0.15) is 23.2 Å². The van der Waals surface area contributed by atoms with Crippen LogP contribution in [-0.2, 0) is 6.61 Å². The number of benzene rings is 1. The van der Waals surface area contributed by atoms with Crippen molar-refractivity contribution < 1.29 is 4.74 Å². The summed E-state index contributed by atoms with van der Waals surface area (Å²) in [5, 5.41) is 2.82. The number of aryl methyl sites for hydroxylation is 1. The Morgan fingerprint density at radius 3 is 2.71 bits per heavy atom. The number of ether oxygens (including phenoxy) is 1. The van der Waals surface area contributed by atoms with Crippen molar-refractivity contribution in [2.45, 2.75) is 13.5 Å². The molecule has 0 saturated carbocycles. The summed E-state index contributed by atoms with van der Waals surface area (Å²) < 4.78 is 5.91. The predicted molar refractivity (Wildman–Crippen MR) is 85.3 cm³/mol. The molecular weight excluding hydrogens is 282 g/mol. The van der Waals surface area contributed by atoms with E-state index in [9.17, 15) is 0 Å². The van der Waals surface area contributed by atoms with Gasteiger partial charge in [-0.15, -0.1) is 11.3 Å². The molecule has 0 amide bonds. The molecule has 0 unspecified atom stereocenters. The third kappa shape index (κ3) is 3.03. The molecule has 1 aromatic carbocycles. The van der Waals surface area contributed by atoms with Gasteiger partial charge in [-0.05, 0) is 18.6 Å². The summed E-state index contributed by atoms with van der Waals surface area (Å²) in [5.74, 6) is 1.15. The summed E-state index contributed by atoms with van der Waals surface area (Å²) in [7, 11) is 0. The van der Waals surface area contributed by atoms with Crippen LogP contribution in [0.25, 0.3) is 10.6 Å². The number of anilines is 1. The Bertz CT molecular complexity index is 740. The van der Waals surface area contributed by atoms with Gasteiger partial charge in [0.05, 0.1) is 5.56 Å². The van der Waals surface area contributed by atoms with Gasteiger partial charge in [-0.25, -0.2) is 9.97 Å². The van der Waals surface area contributed by atoms with E-state index in [0.717, 1.165) is 21.8 Å². The van der Waals surface area contributed by atoms with Gasteiger partial charge in [-0.1, -0.05) is 30.3 Å². The first-order valence-corrected chi connectivity index (χ1v) is 7.45. The minimum atomic E-state index is 0.440. The molecule has 3 rings (SSSR count). The molecule has 0 bridgehead atoms. The molecule has 2 N–H and O–H groups in total. The number of thiazole rings is 1. The van der Waals surface area contributed by atoms with Crippen LogP contribution in [0.1, 0.15) is 11.3 Å². The van der Waals surface area contributed by atoms with Gasteiger partial charge in [0.15, 0.2) is 0 Å². The van der Waals surface area contributed by atoms with Crippen molar-refractivity contribution in [3.8, 4) is 16.3 Å². The van der Waals surface area contributed by atoms with Crippen LogP contribution >= 0.6 is 11.3 Å². The van der Waals surface area contributed by atoms with Gasteiger partial charge in [0.2, 0.25) is 0 Å². The molecule has 0 atom stereocenters. The van der Waals surface area contributed by atoms with Gasteiger partial charge < -0.3 is 10.5 Å². The molecule has 0 fully saturated rings. The van der Waals surface area contributed by atoms with Crippen LogP contribution in [0, 0.1) is 6.92 Å². The smallest absolute Gasteiger partial charge is 0.137 e. The molecule has 5 heteroatoms. The number of nitrogens with two attached hydrogens (primary N) is 1. The molecule has 0 aliphatic rings. The second-order valence-corrected chi connectivity index (χ2v) is 5.50. The van der Waals surface area contributed by atoms with E-state index < -0.39 is 0 Å². The fourth-order valence-corrected chi connectivity index (χ4v) is 2.85. The maximum Gasteiger partial charge on any atom is 0.137 e. The molecule has 0 saturated heterocycles. The minimum Gasteiger partial charge on any atom is -0.488 e. The van der Waals surface area contributed by atoms with E-state index in [1.165, 1.54) is 0 Å². The van der Waals surface area contributed by atoms with Crippen molar-refractivity contribution >= 4 is 17.2 Å². The highest BCUT2D eigenvalue weighted by atomic mass is 32.1. The molecule has 21 heavy (non-hydrogen) atoms. The Balaban J connectivity index is 1.90. The van der Waals surface area contributed by atoms with Crippen molar-refractivity contribution in [2.24, 2.45) is 0 Å². The zero-order valence-electron chi connectivity index (χ0n) is 11.6. The van der Waals surface area contributed by atoms with Crippen LogP contribution in [0.4, 0.5) is 5.82 Å². The lowest BCUT2D eigenvalue weighted by Gasteiger charge is -2.11. The van der Waals surface area contributed by atoms with E-state index in [0.29, 0.717) is 18.2 Å². The Hall–Kier alpha value is -2.40. The van der Waals surface area contributed by atoms with E-state index >= 15 is 0 Å². The van der Waals surface area contributed by atoms with Gasteiger partial charge in [0, 0.05) is 17.3 Å². The highest BCUT2D eigenvalue weighted by molar-refractivity contribution is 7.13. The summed E-state index contributed by atoms with van der Waals surface area (Å²) in [4.78, 5) is 8.62. The molecule has 4 nitrogen and oxygen atoms in total. The molecular formula is C16H15N3OS. The summed E-state index contributed by atoms with van der Waals surface area (Å²) in [6.07, 6.45) is 1.65. The maximum atomic E-state index is 6.01. The number of pyridine rings is 1. The standard InChI is InChI=1S/C16H15N3OS/c1-11-10-21-16(19-11)14-13(7-8-18-15(14)17)20-9-12-5-3-2-4-6-12/h2-8,10H,9H2,1H3,(H2,17,18). The summed E-state index contributed by atoms with van der Waals surface area (Å²) in [5.41, 5.74) is 8.85.